The van der Waals surface area contributed by atoms with Gasteiger partial charge in [-0.15, -0.1) is 0 Å². The first kappa shape index (κ1) is 10.9. The summed E-state index contributed by atoms with van der Waals surface area (Å²) in [6, 6.07) is 0. The fourth-order valence-electron chi connectivity index (χ4n) is 2.28. The molecule has 4 nitrogen and oxygen atoms in total. The van der Waals surface area contributed by atoms with Crippen LogP contribution < -0.4 is 0 Å². The van der Waals surface area contributed by atoms with Gasteiger partial charge in [-0.05, 0) is 25.2 Å². The molecular formula is C10H16O4S. The van der Waals surface area contributed by atoms with Crippen LogP contribution in [0.25, 0.3) is 0 Å². The van der Waals surface area contributed by atoms with Crippen LogP contribution in [0.4, 0.5) is 0 Å². The van der Waals surface area contributed by atoms with Gasteiger partial charge in [0, 0.05) is 0 Å². The minimum Gasteiger partial charge on any atom is -0.481 e. The molecule has 1 heterocycles. The molecule has 0 aromatic rings. The zero-order valence-corrected chi connectivity index (χ0v) is 9.42. The zero-order valence-electron chi connectivity index (χ0n) is 8.61. The van der Waals surface area contributed by atoms with Gasteiger partial charge in [0.15, 0.2) is 9.84 Å². The lowest BCUT2D eigenvalue weighted by Gasteiger charge is -2.21. The van der Waals surface area contributed by atoms with Crippen LogP contribution in [0.3, 0.4) is 0 Å². The summed E-state index contributed by atoms with van der Waals surface area (Å²) in [6.07, 6.45) is 4.08. The van der Waals surface area contributed by atoms with E-state index in [9.17, 15) is 13.2 Å². The van der Waals surface area contributed by atoms with E-state index in [0.717, 1.165) is 6.42 Å². The smallest absolute Gasteiger partial charge is 0.310 e. The molecule has 0 radical (unpaired) electrons. The standard InChI is InChI=1S/C10H16O4S/c11-9(12)10(4-3-8-1-2-8)5-6-15(13,14)7-10/h8H,1-7H2,(H,11,12). The molecule has 1 saturated carbocycles. The minimum absolute atomic E-state index is 0.0456. The lowest BCUT2D eigenvalue weighted by molar-refractivity contribution is -0.147. The minimum atomic E-state index is -3.11. The molecule has 0 spiro atoms. The van der Waals surface area contributed by atoms with Crippen LogP contribution in [0.15, 0.2) is 0 Å². The molecule has 1 N–H and O–H groups in total. The molecule has 86 valence electrons. The zero-order chi connectivity index (χ0) is 11.1. The van der Waals surface area contributed by atoms with Crippen molar-refractivity contribution in [3.63, 3.8) is 0 Å². The Morgan fingerprint density at radius 2 is 2.07 bits per heavy atom. The van der Waals surface area contributed by atoms with E-state index in [1.807, 2.05) is 0 Å². The van der Waals surface area contributed by atoms with E-state index in [-0.39, 0.29) is 11.5 Å². The average Bonchev–Trinajstić information content (AvgIpc) is 2.89. The maximum Gasteiger partial charge on any atom is 0.310 e. The molecule has 0 amide bonds. The Morgan fingerprint density at radius 1 is 1.40 bits per heavy atom. The predicted octanol–water partition coefficient (Wildman–Crippen LogP) is 1.07. The second-order valence-electron chi connectivity index (χ2n) is 4.91. The van der Waals surface area contributed by atoms with Crippen LogP contribution in [0.1, 0.15) is 32.1 Å². The third-order valence-electron chi connectivity index (χ3n) is 3.57. The van der Waals surface area contributed by atoms with Gasteiger partial charge in [-0.3, -0.25) is 4.79 Å². The predicted molar refractivity (Wildman–Crippen MR) is 55.3 cm³/mol. The van der Waals surface area contributed by atoms with Gasteiger partial charge in [-0.2, -0.15) is 0 Å². The van der Waals surface area contributed by atoms with Crippen LogP contribution in [-0.2, 0) is 14.6 Å². The monoisotopic (exact) mass is 232 g/mol. The SMILES string of the molecule is O=C(O)C1(CCC2CC2)CCS(=O)(=O)C1. The van der Waals surface area contributed by atoms with Gasteiger partial charge in [0.25, 0.3) is 0 Å². The lowest BCUT2D eigenvalue weighted by Crippen LogP contribution is -2.32. The number of carboxylic acids is 1. The second-order valence-corrected chi connectivity index (χ2v) is 7.09. The van der Waals surface area contributed by atoms with Crippen LogP contribution in [0.5, 0.6) is 0 Å². The van der Waals surface area contributed by atoms with E-state index in [0.29, 0.717) is 18.8 Å². The van der Waals surface area contributed by atoms with E-state index in [4.69, 9.17) is 5.11 Å². The van der Waals surface area contributed by atoms with Gasteiger partial charge < -0.3 is 5.11 Å². The Labute approximate surface area is 89.6 Å². The molecule has 0 aromatic heterocycles. The van der Waals surface area contributed by atoms with Crippen LogP contribution >= 0.6 is 0 Å². The summed E-state index contributed by atoms with van der Waals surface area (Å²) < 4.78 is 22.7. The molecule has 15 heavy (non-hydrogen) atoms. The third kappa shape index (κ3) is 2.33. The Morgan fingerprint density at radius 3 is 2.47 bits per heavy atom. The fraction of sp³-hybridized carbons (Fsp3) is 0.900. The van der Waals surface area contributed by atoms with Crippen molar-refractivity contribution in [1.29, 1.82) is 0 Å². The maximum absolute atomic E-state index is 11.3. The summed E-state index contributed by atoms with van der Waals surface area (Å²) >= 11 is 0. The molecule has 0 bridgehead atoms. The molecular weight excluding hydrogens is 216 g/mol. The number of rotatable bonds is 4. The third-order valence-corrected chi connectivity index (χ3v) is 5.39. The molecule has 2 rings (SSSR count). The molecule has 1 atom stereocenters. The van der Waals surface area contributed by atoms with Crippen molar-refractivity contribution in [1.82, 2.24) is 0 Å². The van der Waals surface area contributed by atoms with Gasteiger partial charge in [-0.25, -0.2) is 8.42 Å². The highest BCUT2D eigenvalue weighted by Gasteiger charge is 2.48. The van der Waals surface area contributed by atoms with Crippen molar-refractivity contribution in [3.05, 3.63) is 0 Å². The Hall–Kier alpha value is -0.580. The lowest BCUT2D eigenvalue weighted by atomic mass is 9.82. The molecule has 5 heteroatoms. The van der Waals surface area contributed by atoms with E-state index >= 15 is 0 Å². The molecule has 1 saturated heterocycles. The first-order valence-corrected chi connectivity index (χ1v) is 7.20. The highest BCUT2D eigenvalue weighted by Crippen LogP contribution is 2.42. The van der Waals surface area contributed by atoms with Crippen LogP contribution in [-0.4, -0.2) is 31.0 Å². The van der Waals surface area contributed by atoms with E-state index in [1.54, 1.807) is 0 Å². The Balaban J connectivity index is 2.07. The normalized spacial score (nSPS) is 34.1. The van der Waals surface area contributed by atoms with E-state index < -0.39 is 21.2 Å². The Kier molecular flexibility index (Phi) is 2.53. The van der Waals surface area contributed by atoms with Crippen molar-refractivity contribution >= 4 is 15.8 Å². The summed E-state index contributed by atoms with van der Waals surface area (Å²) in [5.41, 5.74) is -0.971. The highest BCUT2D eigenvalue weighted by atomic mass is 32.2. The second kappa shape index (κ2) is 3.47. The first-order valence-electron chi connectivity index (χ1n) is 5.37. The van der Waals surface area contributed by atoms with Crippen molar-refractivity contribution < 1.29 is 18.3 Å². The van der Waals surface area contributed by atoms with Gasteiger partial charge in [0.2, 0.25) is 0 Å². The summed E-state index contributed by atoms with van der Waals surface area (Å²) in [5.74, 6) is -0.375. The van der Waals surface area contributed by atoms with Gasteiger partial charge >= 0.3 is 5.97 Å². The quantitative estimate of drug-likeness (QED) is 0.787. The number of aliphatic carboxylic acids is 1. The van der Waals surface area contributed by atoms with Crippen molar-refractivity contribution in [2.24, 2.45) is 11.3 Å². The first-order chi connectivity index (χ1) is 6.94. The molecule has 2 fully saturated rings. The largest absolute Gasteiger partial charge is 0.481 e. The number of carbonyl (C=O) groups is 1. The molecule has 1 unspecified atom stereocenters. The summed E-state index contributed by atoms with van der Waals surface area (Å²) in [5, 5.41) is 9.16. The molecule has 2 aliphatic rings. The van der Waals surface area contributed by atoms with Crippen LogP contribution in [0, 0.1) is 11.3 Å². The van der Waals surface area contributed by atoms with Gasteiger partial charge in [0.05, 0.1) is 16.9 Å². The maximum atomic E-state index is 11.3. The number of carboxylic acid groups (broad SMARTS) is 1. The van der Waals surface area contributed by atoms with Crippen molar-refractivity contribution in [3.8, 4) is 0 Å². The van der Waals surface area contributed by atoms with Crippen LogP contribution in [0.2, 0.25) is 0 Å². The topological polar surface area (TPSA) is 71.4 Å². The summed E-state index contributed by atoms with van der Waals surface area (Å²) in [4.78, 5) is 11.2. The van der Waals surface area contributed by atoms with Gasteiger partial charge in [0.1, 0.15) is 0 Å². The number of hydrogen-bond acceptors (Lipinski definition) is 3. The van der Waals surface area contributed by atoms with Crippen molar-refractivity contribution in [2.45, 2.75) is 32.1 Å². The highest BCUT2D eigenvalue weighted by molar-refractivity contribution is 7.91. The number of sulfone groups is 1. The average molecular weight is 232 g/mol. The fourth-order valence-corrected chi connectivity index (χ4v) is 4.38. The molecule has 1 aliphatic heterocycles. The van der Waals surface area contributed by atoms with Gasteiger partial charge in [-0.1, -0.05) is 12.8 Å². The summed E-state index contributed by atoms with van der Waals surface area (Å²) in [7, 11) is -3.11. The summed E-state index contributed by atoms with van der Waals surface area (Å²) in [6.45, 7) is 0. The molecule has 1 aliphatic carbocycles. The molecule has 0 aromatic carbocycles. The van der Waals surface area contributed by atoms with Crippen molar-refractivity contribution in [2.75, 3.05) is 11.5 Å². The van der Waals surface area contributed by atoms with E-state index in [2.05, 4.69) is 0 Å². The van der Waals surface area contributed by atoms with E-state index in [1.165, 1.54) is 12.8 Å². The Bertz CT molecular complexity index is 369. The number of hydrogen-bond donors (Lipinski definition) is 1.